The molecule has 1 aliphatic heterocycles. The standard InChI is InChI=1S/C16H25N3/c1-12(13-5-3-9-17-11-13)19-16-7-2-6-14(16)15-8-4-10-18-15/h3,5,9,11-12,14-16,18-19H,2,4,6-8,10H2,1H3/t12-,14?,15?,16?/m1/s1. The van der Waals surface area contributed by atoms with Crippen LogP contribution < -0.4 is 10.6 Å². The van der Waals surface area contributed by atoms with Gasteiger partial charge in [0.2, 0.25) is 0 Å². The molecule has 0 bridgehead atoms. The zero-order valence-corrected chi connectivity index (χ0v) is 11.8. The molecule has 104 valence electrons. The average Bonchev–Trinajstić information content (AvgIpc) is 3.10. The Bertz CT molecular complexity index is 386. The summed E-state index contributed by atoms with van der Waals surface area (Å²) in [5, 5.41) is 7.53. The lowest BCUT2D eigenvalue weighted by atomic mass is 9.92. The van der Waals surface area contributed by atoms with E-state index >= 15 is 0 Å². The van der Waals surface area contributed by atoms with Gasteiger partial charge in [0.05, 0.1) is 0 Å². The first-order valence-electron chi connectivity index (χ1n) is 7.74. The summed E-state index contributed by atoms with van der Waals surface area (Å²) in [5.74, 6) is 0.821. The molecular formula is C16H25N3. The zero-order chi connectivity index (χ0) is 13.1. The van der Waals surface area contributed by atoms with Crippen LogP contribution in [0.2, 0.25) is 0 Å². The molecule has 2 fully saturated rings. The van der Waals surface area contributed by atoms with Crippen molar-refractivity contribution in [3.63, 3.8) is 0 Å². The van der Waals surface area contributed by atoms with Crippen molar-refractivity contribution < 1.29 is 0 Å². The van der Waals surface area contributed by atoms with E-state index in [0.717, 1.165) is 12.0 Å². The Kier molecular flexibility index (Phi) is 4.14. The van der Waals surface area contributed by atoms with E-state index in [1.807, 2.05) is 18.5 Å². The molecule has 1 aromatic rings. The van der Waals surface area contributed by atoms with Crippen molar-refractivity contribution in [2.45, 2.75) is 57.2 Å². The molecule has 1 saturated heterocycles. The van der Waals surface area contributed by atoms with Crippen LogP contribution in [-0.4, -0.2) is 23.6 Å². The van der Waals surface area contributed by atoms with Gasteiger partial charge in [0, 0.05) is 30.5 Å². The van der Waals surface area contributed by atoms with Gasteiger partial charge in [-0.15, -0.1) is 0 Å². The van der Waals surface area contributed by atoms with Gasteiger partial charge in [0.15, 0.2) is 0 Å². The topological polar surface area (TPSA) is 37.0 Å². The van der Waals surface area contributed by atoms with E-state index in [1.165, 1.54) is 44.2 Å². The Morgan fingerprint density at radius 1 is 1.32 bits per heavy atom. The minimum atomic E-state index is 0.403. The quantitative estimate of drug-likeness (QED) is 0.873. The lowest BCUT2D eigenvalue weighted by molar-refractivity contribution is 0.303. The molecule has 3 heteroatoms. The van der Waals surface area contributed by atoms with Crippen LogP contribution in [0.4, 0.5) is 0 Å². The highest BCUT2D eigenvalue weighted by Crippen LogP contribution is 2.33. The molecule has 0 spiro atoms. The fourth-order valence-corrected chi connectivity index (χ4v) is 3.80. The van der Waals surface area contributed by atoms with Crippen LogP contribution in [0.25, 0.3) is 0 Å². The predicted octanol–water partition coefficient (Wildman–Crippen LogP) is 2.65. The van der Waals surface area contributed by atoms with E-state index in [4.69, 9.17) is 0 Å². The lowest BCUT2D eigenvalue weighted by Gasteiger charge is -2.29. The largest absolute Gasteiger partial charge is 0.314 e. The van der Waals surface area contributed by atoms with Gasteiger partial charge < -0.3 is 10.6 Å². The first kappa shape index (κ1) is 13.1. The van der Waals surface area contributed by atoms with Gasteiger partial charge in [0.25, 0.3) is 0 Å². The number of rotatable bonds is 4. The highest BCUT2D eigenvalue weighted by Gasteiger charge is 2.35. The summed E-state index contributed by atoms with van der Waals surface area (Å²) in [6.45, 7) is 3.47. The van der Waals surface area contributed by atoms with Crippen LogP contribution in [-0.2, 0) is 0 Å². The molecule has 3 nitrogen and oxygen atoms in total. The molecule has 1 aromatic heterocycles. The number of hydrogen-bond donors (Lipinski definition) is 2. The van der Waals surface area contributed by atoms with Gasteiger partial charge in [-0.05, 0) is 56.7 Å². The molecule has 2 aliphatic rings. The van der Waals surface area contributed by atoms with Crippen molar-refractivity contribution in [1.29, 1.82) is 0 Å². The normalized spacial score (nSPS) is 32.6. The second-order valence-corrected chi connectivity index (χ2v) is 6.08. The minimum Gasteiger partial charge on any atom is -0.314 e. The maximum atomic E-state index is 4.22. The molecule has 0 aromatic carbocycles. The van der Waals surface area contributed by atoms with E-state index in [0.29, 0.717) is 12.1 Å². The van der Waals surface area contributed by atoms with Crippen LogP contribution in [0.1, 0.15) is 50.6 Å². The molecule has 3 rings (SSSR count). The number of nitrogens with zero attached hydrogens (tertiary/aromatic N) is 1. The fourth-order valence-electron chi connectivity index (χ4n) is 3.80. The van der Waals surface area contributed by atoms with Gasteiger partial charge in [-0.2, -0.15) is 0 Å². The number of aromatic nitrogens is 1. The monoisotopic (exact) mass is 259 g/mol. The molecule has 4 atom stereocenters. The van der Waals surface area contributed by atoms with Crippen molar-refractivity contribution in [2.75, 3.05) is 6.54 Å². The van der Waals surface area contributed by atoms with Crippen molar-refractivity contribution in [3.05, 3.63) is 30.1 Å². The van der Waals surface area contributed by atoms with Crippen molar-refractivity contribution in [1.82, 2.24) is 15.6 Å². The Morgan fingerprint density at radius 2 is 2.26 bits per heavy atom. The summed E-state index contributed by atoms with van der Waals surface area (Å²) >= 11 is 0. The van der Waals surface area contributed by atoms with E-state index in [9.17, 15) is 0 Å². The molecule has 0 radical (unpaired) electrons. The summed E-state index contributed by atoms with van der Waals surface area (Å²) in [4.78, 5) is 4.22. The lowest BCUT2D eigenvalue weighted by Crippen LogP contribution is -2.42. The molecule has 1 saturated carbocycles. The molecule has 2 heterocycles. The van der Waals surface area contributed by atoms with E-state index < -0.39 is 0 Å². The summed E-state index contributed by atoms with van der Waals surface area (Å²) in [7, 11) is 0. The van der Waals surface area contributed by atoms with Crippen molar-refractivity contribution in [2.24, 2.45) is 5.92 Å². The van der Waals surface area contributed by atoms with Gasteiger partial charge in [0.1, 0.15) is 0 Å². The van der Waals surface area contributed by atoms with Gasteiger partial charge >= 0.3 is 0 Å². The molecule has 0 amide bonds. The van der Waals surface area contributed by atoms with Crippen LogP contribution in [0.15, 0.2) is 24.5 Å². The van der Waals surface area contributed by atoms with E-state index in [-0.39, 0.29) is 0 Å². The SMILES string of the molecule is C[C@@H](NC1CCCC1C1CCCN1)c1cccnc1. The molecular weight excluding hydrogens is 234 g/mol. The average molecular weight is 259 g/mol. The summed E-state index contributed by atoms with van der Waals surface area (Å²) in [6.07, 6.45) is 10.6. The van der Waals surface area contributed by atoms with Crippen LogP contribution >= 0.6 is 0 Å². The van der Waals surface area contributed by atoms with E-state index in [1.54, 1.807) is 0 Å². The van der Waals surface area contributed by atoms with Crippen LogP contribution in [0.5, 0.6) is 0 Å². The summed E-state index contributed by atoms with van der Waals surface area (Å²) < 4.78 is 0. The third-order valence-corrected chi connectivity index (χ3v) is 4.83. The van der Waals surface area contributed by atoms with Crippen molar-refractivity contribution in [3.8, 4) is 0 Å². The maximum Gasteiger partial charge on any atom is 0.0315 e. The zero-order valence-electron chi connectivity index (χ0n) is 11.8. The molecule has 3 unspecified atom stereocenters. The number of pyridine rings is 1. The Balaban J connectivity index is 1.62. The second kappa shape index (κ2) is 6.02. The summed E-state index contributed by atoms with van der Waals surface area (Å²) in [5.41, 5.74) is 1.30. The second-order valence-electron chi connectivity index (χ2n) is 6.08. The highest BCUT2D eigenvalue weighted by atomic mass is 15.0. The Morgan fingerprint density at radius 3 is 3.00 bits per heavy atom. The third kappa shape index (κ3) is 2.98. The first-order chi connectivity index (χ1) is 9.34. The Labute approximate surface area is 116 Å². The molecule has 2 N–H and O–H groups in total. The first-order valence-corrected chi connectivity index (χ1v) is 7.74. The predicted molar refractivity (Wildman–Crippen MR) is 77.9 cm³/mol. The van der Waals surface area contributed by atoms with Gasteiger partial charge in [-0.3, -0.25) is 4.98 Å². The van der Waals surface area contributed by atoms with E-state index in [2.05, 4.69) is 28.6 Å². The molecule has 19 heavy (non-hydrogen) atoms. The van der Waals surface area contributed by atoms with Crippen LogP contribution in [0, 0.1) is 5.92 Å². The number of hydrogen-bond acceptors (Lipinski definition) is 3. The highest BCUT2D eigenvalue weighted by molar-refractivity contribution is 5.13. The minimum absolute atomic E-state index is 0.403. The van der Waals surface area contributed by atoms with Crippen molar-refractivity contribution >= 4 is 0 Å². The maximum absolute atomic E-state index is 4.22. The number of nitrogens with one attached hydrogen (secondary N) is 2. The summed E-state index contributed by atoms with van der Waals surface area (Å²) in [6, 6.07) is 6.02. The van der Waals surface area contributed by atoms with Gasteiger partial charge in [-0.1, -0.05) is 12.5 Å². The molecule has 1 aliphatic carbocycles. The fraction of sp³-hybridized carbons (Fsp3) is 0.688. The van der Waals surface area contributed by atoms with Crippen LogP contribution in [0.3, 0.4) is 0 Å². The third-order valence-electron chi connectivity index (χ3n) is 4.83. The Hall–Kier alpha value is -0.930. The van der Waals surface area contributed by atoms with Gasteiger partial charge in [-0.25, -0.2) is 0 Å². The smallest absolute Gasteiger partial charge is 0.0315 e.